The van der Waals surface area contributed by atoms with Crippen LogP contribution in [-0.2, 0) is 6.61 Å². The highest BCUT2D eigenvalue weighted by molar-refractivity contribution is 9.10. The summed E-state index contributed by atoms with van der Waals surface area (Å²) in [6.07, 6.45) is -0.561. The SMILES string of the molecule is COc1ccc(Br)c(COc2ccc(C)cc2[C@H](C)O)c1. The maximum absolute atomic E-state index is 9.85. The zero-order valence-corrected chi connectivity index (χ0v) is 14.0. The summed E-state index contributed by atoms with van der Waals surface area (Å²) >= 11 is 3.51. The molecule has 0 radical (unpaired) electrons. The van der Waals surface area contributed by atoms with E-state index in [-0.39, 0.29) is 0 Å². The lowest BCUT2D eigenvalue weighted by molar-refractivity contribution is 0.190. The predicted molar refractivity (Wildman–Crippen MR) is 86.8 cm³/mol. The Labute approximate surface area is 133 Å². The molecule has 0 fully saturated rings. The summed E-state index contributed by atoms with van der Waals surface area (Å²) in [5, 5.41) is 9.85. The zero-order valence-electron chi connectivity index (χ0n) is 12.4. The van der Waals surface area contributed by atoms with Crippen LogP contribution in [0.1, 0.15) is 29.7 Å². The van der Waals surface area contributed by atoms with Crippen molar-refractivity contribution in [2.45, 2.75) is 26.6 Å². The molecule has 1 N–H and O–H groups in total. The van der Waals surface area contributed by atoms with Crippen LogP contribution in [0.5, 0.6) is 11.5 Å². The maximum atomic E-state index is 9.85. The van der Waals surface area contributed by atoms with Crippen molar-refractivity contribution in [2.75, 3.05) is 7.11 Å². The van der Waals surface area contributed by atoms with Crippen LogP contribution in [0.2, 0.25) is 0 Å². The van der Waals surface area contributed by atoms with Gasteiger partial charge in [0.2, 0.25) is 0 Å². The molecule has 112 valence electrons. The zero-order chi connectivity index (χ0) is 15.4. The highest BCUT2D eigenvalue weighted by Gasteiger charge is 2.11. The third kappa shape index (κ3) is 3.99. The number of benzene rings is 2. The Bertz CT molecular complexity index is 623. The molecule has 1 atom stereocenters. The number of methoxy groups -OCH3 is 1. The number of aryl methyl sites for hydroxylation is 1. The molecule has 0 aliphatic rings. The van der Waals surface area contributed by atoms with Crippen molar-refractivity contribution in [3.05, 3.63) is 57.6 Å². The molecular formula is C17H19BrO3. The fourth-order valence-electron chi connectivity index (χ4n) is 2.07. The van der Waals surface area contributed by atoms with Gasteiger partial charge < -0.3 is 14.6 Å². The minimum absolute atomic E-state index is 0.403. The summed E-state index contributed by atoms with van der Waals surface area (Å²) in [5.74, 6) is 1.49. The van der Waals surface area contributed by atoms with E-state index in [9.17, 15) is 5.11 Å². The molecular weight excluding hydrogens is 332 g/mol. The fourth-order valence-corrected chi connectivity index (χ4v) is 2.43. The largest absolute Gasteiger partial charge is 0.497 e. The Kier molecular flexibility index (Phi) is 5.26. The van der Waals surface area contributed by atoms with Crippen LogP contribution in [-0.4, -0.2) is 12.2 Å². The van der Waals surface area contributed by atoms with E-state index in [2.05, 4.69) is 15.9 Å². The van der Waals surface area contributed by atoms with Gasteiger partial charge in [0.05, 0.1) is 13.2 Å². The second-order valence-electron chi connectivity index (χ2n) is 4.96. The molecule has 0 aliphatic carbocycles. The molecule has 0 spiro atoms. The molecule has 0 aromatic heterocycles. The second-order valence-corrected chi connectivity index (χ2v) is 5.82. The molecule has 0 heterocycles. The van der Waals surface area contributed by atoms with E-state index in [4.69, 9.17) is 9.47 Å². The summed E-state index contributed by atoms with van der Waals surface area (Å²) in [4.78, 5) is 0. The van der Waals surface area contributed by atoms with Gasteiger partial charge in [0.1, 0.15) is 18.1 Å². The number of hydrogen-bond donors (Lipinski definition) is 1. The Balaban J connectivity index is 2.20. The molecule has 0 saturated carbocycles. The molecule has 0 saturated heterocycles. The van der Waals surface area contributed by atoms with Crippen LogP contribution in [0, 0.1) is 6.92 Å². The van der Waals surface area contributed by atoms with Crippen LogP contribution in [0.25, 0.3) is 0 Å². The van der Waals surface area contributed by atoms with Crippen molar-refractivity contribution in [2.24, 2.45) is 0 Å². The van der Waals surface area contributed by atoms with Gasteiger partial charge in [-0.2, -0.15) is 0 Å². The van der Waals surface area contributed by atoms with Crippen molar-refractivity contribution in [3.63, 3.8) is 0 Å². The number of hydrogen-bond acceptors (Lipinski definition) is 3. The van der Waals surface area contributed by atoms with Crippen LogP contribution in [0.4, 0.5) is 0 Å². The first-order chi connectivity index (χ1) is 10.0. The van der Waals surface area contributed by atoms with Gasteiger partial charge >= 0.3 is 0 Å². The van der Waals surface area contributed by atoms with Gasteiger partial charge in [-0.05, 0) is 44.2 Å². The van der Waals surface area contributed by atoms with Crippen molar-refractivity contribution in [1.29, 1.82) is 0 Å². The number of ether oxygens (including phenoxy) is 2. The average molecular weight is 351 g/mol. The third-order valence-electron chi connectivity index (χ3n) is 3.25. The van der Waals surface area contributed by atoms with E-state index in [0.29, 0.717) is 12.4 Å². The lowest BCUT2D eigenvalue weighted by atomic mass is 10.1. The third-order valence-corrected chi connectivity index (χ3v) is 4.03. The van der Waals surface area contributed by atoms with Crippen LogP contribution >= 0.6 is 15.9 Å². The van der Waals surface area contributed by atoms with Gasteiger partial charge in [0.15, 0.2) is 0 Å². The molecule has 2 aromatic rings. The molecule has 3 nitrogen and oxygen atoms in total. The van der Waals surface area contributed by atoms with Crippen LogP contribution < -0.4 is 9.47 Å². The number of rotatable bonds is 5. The molecule has 2 aromatic carbocycles. The molecule has 4 heteroatoms. The Morgan fingerprint density at radius 3 is 2.62 bits per heavy atom. The summed E-state index contributed by atoms with van der Waals surface area (Å²) in [6, 6.07) is 11.6. The topological polar surface area (TPSA) is 38.7 Å². The molecule has 0 aliphatic heterocycles. The van der Waals surface area contributed by atoms with Crippen molar-refractivity contribution in [1.82, 2.24) is 0 Å². The Morgan fingerprint density at radius 2 is 1.95 bits per heavy atom. The van der Waals surface area contributed by atoms with E-state index in [1.807, 2.05) is 43.3 Å². The lowest BCUT2D eigenvalue weighted by Crippen LogP contribution is -2.02. The first-order valence-corrected chi connectivity index (χ1v) is 7.54. The normalized spacial score (nSPS) is 12.0. The van der Waals surface area contributed by atoms with Crippen LogP contribution in [0.15, 0.2) is 40.9 Å². The van der Waals surface area contributed by atoms with Crippen LogP contribution in [0.3, 0.4) is 0 Å². The van der Waals surface area contributed by atoms with E-state index >= 15 is 0 Å². The van der Waals surface area contributed by atoms with Crippen molar-refractivity contribution in [3.8, 4) is 11.5 Å². The Morgan fingerprint density at radius 1 is 1.19 bits per heavy atom. The highest BCUT2D eigenvalue weighted by Crippen LogP contribution is 2.29. The lowest BCUT2D eigenvalue weighted by Gasteiger charge is -2.15. The minimum Gasteiger partial charge on any atom is -0.497 e. The number of aliphatic hydroxyl groups excluding tert-OH is 1. The van der Waals surface area contributed by atoms with E-state index < -0.39 is 6.10 Å². The van der Waals surface area contributed by atoms with Gasteiger partial charge in [0.25, 0.3) is 0 Å². The molecule has 0 unspecified atom stereocenters. The fraction of sp³-hybridized carbons (Fsp3) is 0.294. The highest BCUT2D eigenvalue weighted by atomic mass is 79.9. The van der Waals surface area contributed by atoms with Gasteiger partial charge in [0, 0.05) is 15.6 Å². The summed E-state index contributed by atoms with van der Waals surface area (Å²) in [7, 11) is 1.64. The monoisotopic (exact) mass is 350 g/mol. The molecule has 21 heavy (non-hydrogen) atoms. The standard InChI is InChI=1S/C17H19BrO3/c1-11-4-7-17(15(8-11)12(2)19)21-10-13-9-14(20-3)5-6-16(13)18/h4-9,12,19H,10H2,1-3H3/t12-/m0/s1. The van der Waals surface area contributed by atoms with Gasteiger partial charge in [-0.25, -0.2) is 0 Å². The van der Waals surface area contributed by atoms with E-state index in [1.54, 1.807) is 14.0 Å². The van der Waals surface area contributed by atoms with Gasteiger partial charge in [-0.15, -0.1) is 0 Å². The van der Waals surface area contributed by atoms with E-state index in [0.717, 1.165) is 26.9 Å². The molecule has 0 amide bonds. The van der Waals surface area contributed by atoms with E-state index in [1.165, 1.54) is 0 Å². The van der Waals surface area contributed by atoms with Gasteiger partial charge in [-0.1, -0.05) is 27.6 Å². The minimum atomic E-state index is -0.561. The number of halogens is 1. The predicted octanol–water partition coefficient (Wildman–Crippen LogP) is 4.40. The summed E-state index contributed by atoms with van der Waals surface area (Å²) < 4.78 is 12.1. The van der Waals surface area contributed by atoms with Crippen molar-refractivity contribution < 1.29 is 14.6 Å². The molecule has 0 bridgehead atoms. The smallest absolute Gasteiger partial charge is 0.125 e. The average Bonchev–Trinajstić information content (AvgIpc) is 2.47. The van der Waals surface area contributed by atoms with Crippen molar-refractivity contribution >= 4 is 15.9 Å². The van der Waals surface area contributed by atoms with Gasteiger partial charge in [-0.3, -0.25) is 0 Å². The quantitative estimate of drug-likeness (QED) is 0.868. The summed E-state index contributed by atoms with van der Waals surface area (Å²) in [5.41, 5.74) is 2.89. The first-order valence-electron chi connectivity index (χ1n) is 6.75. The summed E-state index contributed by atoms with van der Waals surface area (Å²) in [6.45, 7) is 4.14. The molecule has 2 rings (SSSR count). The Hall–Kier alpha value is -1.52. The number of aliphatic hydroxyl groups is 1. The first kappa shape index (κ1) is 15.9. The maximum Gasteiger partial charge on any atom is 0.125 e. The second kappa shape index (κ2) is 6.96.